The Bertz CT molecular complexity index is 600. The first-order valence-electron chi connectivity index (χ1n) is 5.27. The fourth-order valence-electron chi connectivity index (χ4n) is 1.42. The Morgan fingerprint density at radius 2 is 1.39 bits per heavy atom. The minimum Gasteiger partial charge on any atom is -0.232 e. The van der Waals surface area contributed by atoms with Gasteiger partial charge in [0.15, 0.2) is 0 Å². The quantitative estimate of drug-likeness (QED) is 0.643. The van der Waals surface area contributed by atoms with E-state index in [2.05, 4.69) is 4.83 Å². The molecule has 0 aliphatic rings. The summed E-state index contributed by atoms with van der Waals surface area (Å²) in [5.74, 6) is 5.66. The summed E-state index contributed by atoms with van der Waals surface area (Å²) < 4.78 is 24.0. The molecule has 0 aliphatic heterocycles. The summed E-state index contributed by atoms with van der Waals surface area (Å²) in [7, 11) is -3.66. The molecule has 6 heteroatoms. The predicted molar refractivity (Wildman–Crippen MR) is 69.9 cm³/mol. The fourth-order valence-corrected chi connectivity index (χ4v) is 2.41. The van der Waals surface area contributed by atoms with Crippen LogP contribution in [-0.2, 0) is 10.0 Å². The number of nitrogens with one attached hydrogen (secondary N) is 1. The van der Waals surface area contributed by atoms with Crippen molar-refractivity contribution < 1.29 is 8.42 Å². The van der Waals surface area contributed by atoms with E-state index in [-0.39, 0.29) is 4.90 Å². The van der Waals surface area contributed by atoms with Crippen LogP contribution in [0.3, 0.4) is 0 Å². The molecule has 0 heterocycles. The minimum absolute atomic E-state index is 0.163. The molecule has 0 aromatic heterocycles. The maximum atomic E-state index is 12.0. The third-order valence-electron chi connectivity index (χ3n) is 2.31. The molecule has 0 radical (unpaired) electrons. The zero-order valence-corrected chi connectivity index (χ0v) is 10.3. The van der Waals surface area contributed by atoms with Gasteiger partial charge in [0.1, 0.15) is 0 Å². The second-order valence-electron chi connectivity index (χ2n) is 3.61. The normalized spacial score (nSPS) is 11.2. The lowest BCUT2D eigenvalue weighted by Gasteiger charge is -2.19. The Kier molecular flexibility index (Phi) is 3.61. The maximum Gasteiger partial charge on any atom is 0.258 e. The van der Waals surface area contributed by atoms with E-state index in [0.29, 0.717) is 5.69 Å². The highest BCUT2D eigenvalue weighted by molar-refractivity contribution is 7.89. The maximum absolute atomic E-state index is 12.0. The Hall–Kier alpha value is -1.89. The topological polar surface area (TPSA) is 75.4 Å². The first kappa shape index (κ1) is 12.6. The van der Waals surface area contributed by atoms with Gasteiger partial charge in [0.25, 0.3) is 10.0 Å². The summed E-state index contributed by atoms with van der Waals surface area (Å²) >= 11 is 0. The van der Waals surface area contributed by atoms with Gasteiger partial charge in [-0.15, -0.1) is 4.83 Å². The standard InChI is InChI=1S/C12H13N3O2S/c13-15(11-7-3-1-4-8-11)14-18(16,17)12-9-5-2-6-10-12/h1-10,14H,13H2. The van der Waals surface area contributed by atoms with Crippen molar-refractivity contribution in [2.45, 2.75) is 4.90 Å². The second kappa shape index (κ2) is 5.18. The molecule has 0 amide bonds. The van der Waals surface area contributed by atoms with Crippen LogP contribution in [0.25, 0.3) is 0 Å². The van der Waals surface area contributed by atoms with Crippen molar-refractivity contribution >= 4 is 15.7 Å². The van der Waals surface area contributed by atoms with Crippen molar-refractivity contribution in [3.63, 3.8) is 0 Å². The predicted octanol–water partition coefficient (Wildman–Crippen LogP) is 1.26. The van der Waals surface area contributed by atoms with E-state index in [1.807, 2.05) is 6.07 Å². The van der Waals surface area contributed by atoms with Crippen LogP contribution in [-0.4, -0.2) is 8.42 Å². The van der Waals surface area contributed by atoms with Gasteiger partial charge in [-0.1, -0.05) is 36.4 Å². The lowest BCUT2D eigenvalue weighted by Crippen LogP contribution is -2.47. The van der Waals surface area contributed by atoms with Crippen molar-refractivity contribution in [3.05, 3.63) is 60.7 Å². The average molecular weight is 263 g/mol. The SMILES string of the molecule is NN(NS(=O)(=O)c1ccccc1)c1ccccc1. The Morgan fingerprint density at radius 1 is 0.889 bits per heavy atom. The number of hydrogen-bond donors (Lipinski definition) is 2. The van der Waals surface area contributed by atoms with Crippen LogP contribution in [0.15, 0.2) is 65.6 Å². The lowest BCUT2D eigenvalue weighted by atomic mass is 10.3. The van der Waals surface area contributed by atoms with Crippen LogP contribution in [0.4, 0.5) is 5.69 Å². The molecule has 0 spiro atoms. The summed E-state index contributed by atoms with van der Waals surface area (Å²) in [5, 5.41) is 0.975. The molecule has 2 aromatic carbocycles. The number of rotatable bonds is 4. The van der Waals surface area contributed by atoms with Crippen molar-refractivity contribution in [2.75, 3.05) is 5.12 Å². The summed E-state index contributed by atoms with van der Waals surface area (Å²) in [6, 6.07) is 16.8. The fraction of sp³-hybridized carbons (Fsp3) is 0. The van der Waals surface area contributed by atoms with E-state index in [0.717, 1.165) is 5.12 Å². The number of para-hydroxylation sites is 1. The molecule has 5 nitrogen and oxygen atoms in total. The van der Waals surface area contributed by atoms with Crippen LogP contribution in [0.5, 0.6) is 0 Å². The molecule has 94 valence electrons. The highest BCUT2D eigenvalue weighted by atomic mass is 32.2. The molecule has 0 saturated carbocycles. The van der Waals surface area contributed by atoms with E-state index >= 15 is 0 Å². The average Bonchev–Trinajstić information content (AvgIpc) is 2.40. The third kappa shape index (κ3) is 2.86. The zero-order chi connectivity index (χ0) is 13.0. The summed E-state index contributed by atoms with van der Waals surface area (Å²) in [6.45, 7) is 0. The lowest BCUT2D eigenvalue weighted by molar-refractivity contribution is 0.577. The molecule has 0 aliphatic carbocycles. The van der Waals surface area contributed by atoms with Gasteiger partial charge in [-0.2, -0.15) is 0 Å². The van der Waals surface area contributed by atoms with Crippen LogP contribution in [0.2, 0.25) is 0 Å². The van der Waals surface area contributed by atoms with Gasteiger partial charge in [0, 0.05) is 0 Å². The van der Waals surface area contributed by atoms with Gasteiger partial charge in [-0.05, 0) is 24.3 Å². The van der Waals surface area contributed by atoms with E-state index in [1.54, 1.807) is 42.5 Å². The Labute approximate surface area is 106 Å². The number of hydrogen-bond acceptors (Lipinski definition) is 4. The van der Waals surface area contributed by atoms with Gasteiger partial charge in [-0.25, -0.2) is 19.4 Å². The number of sulfonamides is 1. The number of nitrogens with zero attached hydrogens (tertiary/aromatic N) is 1. The Morgan fingerprint density at radius 3 is 1.94 bits per heavy atom. The highest BCUT2D eigenvalue weighted by Gasteiger charge is 2.16. The molecule has 2 aromatic rings. The largest absolute Gasteiger partial charge is 0.258 e. The number of anilines is 1. The molecule has 18 heavy (non-hydrogen) atoms. The van der Waals surface area contributed by atoms with Crippen LogP contribution in [0, 0.1) is 0 Å². The van der Waals surface area contributed by atoms with Crippen LogP contribution >= 0.6 is 0 Å². The number of benzene rings is 2. The summed E-state index contributed by atoms with van der Waals surface area (Å²) in [4.78, 5) is 2.44. The van der Waals surface area contributed by atoms with Crippen molar-refractivity contribution in [1.29, 1.82) is 0 Å². The smallest absolute Gasteiger partial charge is 0.232 e. The van der Waals surface area contributed by atoms with Crippen molar-refractivity contribution in [2.24, 2.45) is 5.84 Å². The first-order valence-corrected chi connectivity index (χ1v) is 6.75. The van der Waals surface area contributed by atoms with E-state index in [1.165, 1.54) is 12.1 Å². The van der Waals surface area contributed by atoms with Gasteiger partial charge in [-0.3, -0.25) is 0 Å². The number of hydrazine groups is 2. The molecular formula is C12H13N3O2S. The van der Waals surface area contributed by atoms with Crippen molar-refractivity contribution in [3.8, 4) is 0 Å². The first-order chi connectivity index (χ1) is 8.59. The van der Waals surface area contributed by atoms with Gasteiger partial charge in [0.2, 0.25) is 0 Å². The molecule has 0 unspecified atom stereocenters. The molecule has 0 saturated heterocycles. The molecule has 0 fully saturated rings. The summed E-state index contributed by atoms with van der Waals surface area (Å²) in [6.07, 6.45) is 0. The highest BCUT2D eigenvalue weighted by Crippen LogP contribution is 2.11. The third-order valence-corrected chi connectivity index (χ3v) is 3.64. The summed E-state index contributed by atoms with van der Waals surface area (Å²) in [5.41, 5.74) is 0.553. The minimum atomic E-state index is -3.66. The van der Waals surface area contributed by atoms with Gasteiger partial charge >= 0.3 is 0 Å². The van der Waals surface area contributed by atoms with Gasteiger partial charge < -0.3 is 0 Å². The van der Waals surface area contributed by atoms with Gasteiger partial charge in [0.05, 0.1) is 10.6 Å². The van der Waals surface area contributed by atoms with Crippen molar-refractivity contribution in [1.82, 2.24) is 4.83 Å². The van der Waals surface area contributed by atoms with Crippen LogP contribution < -0.4 is 15.8 Å². The monoisotopic (exact) mass is 263 g/mol. The van der Waals surface area contributed by atoms with Crippen LogP contribution in [0.1, 0.15) is 0 Å². The Balaban J connectivity index is 2.20. The zero-order valence-electron chi connectivity index (χ0n) is 9.52. The second-order valence-corrected chi connectivity index (χ2v) is 5.27. The van der Waals surface area contributed by atoms with E-state index in [9.17, 15) is 8.42 Å². The van der Waals surface area contributed by atoms with E-state index < -0.39 is 10.0 Å². The molecular weight excluding hydrogens is 250 g/mol. The molecule has 0 atom stereocenters. The molecule has 3 N–H and O–H groups in total. The molecule has 0 bridgehead atoms. The number of nitrogens with two attached hydrogens (primary N) is 1. The van der Waals surface area contributed by atoms with E-state index in [4.69, 9.17) is 5.84 Å². The molecule has 2 rings (SSSR count).